The summed E-state index contributed by atoms with van der Waals surface area (Å²) in [7, 11) is 0. The van der Waals surface area contributed by atoms with Gasteiger partial charge in [0.05, 0.1) is 0 Å². The van der Waals surface area contributed by atoms with Crippen molar-refractivity contribution in [1.29, 1.82) is 0 Å². The predicted octanol–water partition coefficient (Wildman–Crippen LogP) is 2.12. The molecule has 0 unspecified atom stereocenters. The molecule has 1 aliphatic heterocycles. The van der Waals surface area contributed by atoms with Crippen LogP contribution in [0.1, 0.15) is 6.92 Å². The second-order valence-corrected chi connectivity index (χ2v) is 2.21. The van der Waals surface area contributed by atoms with E-state index in [2.05, 4.69) is 16.6 Å². The molecule has 1 aliphatic rings. The molecule has 1 heterocycles. The van der Waals surface area contributed by atoms with E-state index in [4.69, 9.17) is 0 Å². The smallest absolute Gasteiger partial charge is 0.152 e. The second kappa shape index (κ2) is 3.66. The van der Waals surface area contributed by atoms with Gasteiger partial charge < -0.3 is 0 Å². The molecule has 0 aromatic heterocycles. The molecule has 11 heavy (non-hydrogen) atoms. The van der Waals surface area contributed by atoms with Crippen LogP contribution in [0, 0.1) is 0 Å². The molecular weight excluding hydrogens is 136 g/mol. The van der Waals surface area contributed by atoms with Gasteiger partial charge in [-0.2, -0.15) is 0 Å². The number of allylic oxidation sites excluding steroid dienone is 4. The highest BCUT2D eigenvalue weighted by atomic mass is 15.0. The first-order chi connectivity index (χ1) is 5.33. The van der Waals surface area contributed by atoms with Crippen LogP contribution in [0.15, 0.2) is 46.2 Å². The molecule has 2 heteroatoms. The minimum Gasteiger partial charge on any atom is -0.236 e. The van der Waals surface area contributed by atoms with E-state index in [-0.39, 0.29) is 0 Å². The lowest BCUT2D eigenvalue weighted by atomic mass is 10.2. The summed E-state index contributed by atoms with van der Waals surface area (Å²) >= 11 is 0. The molecule has 2 nitrogen and oxygen atoms in total. The van der Waals surface area contributed by atoms with Gasteiger partial charge >= 0.3 is 0 Å². The van der Waals surface area contributed by atoms with E-state index < -0.39 is 0 Å². The lowest BCUT2D eigenvalue weighted by Gasteiger charge is -1.89. The van der Waals surface area contributed by atoms with Crippen molar-refractivity contribution in [2.75, 3.05) is 0 Å². The molecule has 0 radical (unpaired) electrons. The van der Waals surface area contributed by atoms with Gasteiger partial charge in [0.15, 0.2) is 5.82 Å². The van der Waals surface area contributed by atoms with Gasteiger partial charge in [0.1, 0.15) is 0 Å². The normalized spacial score (nSPS) is 15.7. The Morgan fingerprint density at radius 2 is 2.09 bits per heavy atom. The maximum atomic E-state index is 4.00. The average Bonchev–Trinajstić information content (AvgIpc) is 2.40. The number of rotatable bonds is 2. The number of hydrogen-bond donors (Lipinski definition) is 0. The monoisotopic (exact) mass is 146 g/mol. The number of hydrogen-bond acceptors (Lipinski definition) is 2. The molecule has 0 saturated heterocycles. The zero-order chi connectivity index (χ0) is 8.10. The highest BCUT2D eigenvalue weighted by Gasteiger charge is 1.92. The lowest BCUT2D eigenvalue weighted by molar-refractivity contribution is 1.26. The van der Waals surface area contributed by atoms with Crippen LogP contribution in [-0.2, 0) is 0 Å². The maximum Gasteiger partial charge on any atom is 0.152 e. The van der Waals surface area contributed by atoms with Gasteiger partial charge in [0, 0.05) is 12.4 Å². The molecule has 0 atom stereocenters. The zero-order valence-electron chi connectivity index (χ0n) is 6.49. The lowest BCUT2D eigenvalue weighted by Crippen LogP contribution is -1.70. The largest absolute Gasteiger partial charge is 0.236 e. The summed E-state index contributed by atoms with van der Waals surface area (Å²) in [6.07, 6.45) is 8.91. The minimum atomic E-state index is 0.751. The second-order valence-electron chi connectivity index (χ2n) is 2.21. The molecule has 0 aromatic carbocycles. The summed E-state index contributed by atoms with van der Waals surface area (Å²) in [6.45, 7) is 5.58. The van der Waals surface area contributed by atoms with Gasteiger partial charge in [-0.05, 0) is 18.6 Å². The van der Waals surface area contributed by atoms with Gasteiger partial charge in [-0.15, -0.1) is 0 Å². The highest BCUT2D eigenvalue weighted by Crippen LogP contribution is 2.06. The van der Waals surface area contributed by atoms with Crippen molar-refractivity contribution < 1.29 is 0 Å². The van der Waals surface area contributed by atoms with Crippen molar-refractivity contribution in [3.05, 3.63) is 36.2 Å². The summed E-state index contributed by atoms with van der Waals surface area (Å²) in [5, 5.41) is 0. The van der Waals surface area contributed by atoms with Gasteiger partial charge in [-0.25, -0.2) is 9.98 Å². The average molecular weight is 146 g/mol. The fourth-order valence-corrected chi connectivity index (χ4v) is 0.765. The molecule has 56 valence electrons. The van der Waals surface area contributed by atoms with Crippen LogP contribution in [0.5, 0.6) is 0 Å². The molecule has 0 N–H and O–H groups in total. The Morgan fingerprint density at radius 3 is 2.64 bits per heavy atom. The van der Waals surface area contributed by atoms with Crippen molar-refractivity contribution in [3.8, 4) is 0 Å². The van der Waals surface area contributed by atoms with E-state index in [9.17, 15) is 0 Å². The van der Waals surface area contributed by atoms with Gasteiger partial charge in [-0.1, -0.05) is 18.7 Å². The van der Waals surface area contributed by atoms with Crippen LogP contribution in [-0.4, -0.2) is 12.4 Å². The summed E-state index contributed by atoms with van der Waals surface area (Å²) in [4.78, 5) is 7.99. The molecule has 0 amide bonds. The third-order valence-corrected chi connectivity index (χ3v) is 1.22. The van der Waals surface area contributed by atoms with Crippen molar-refractivity contribution in [1.82, 2.24) is 0 Å². The molecule has 0 spiro atoms. The van der Waals surface area contributed by atoms with Gasteiger partial charge in [0.2, 0.25) is 0 Å². The van der Waals surface area contributed by atoms with Crippen molar-refractivity contribution in [2.24, 2.45) is 9.98 Å². The molecule has 0 fully saturated rings. The SMILES string of the molecule is C=C/C=C(/C)C=C1N=CC=N1. The van der Waals surface area contributed by atoms with E-state index >= 15 is 0 Å². The fourth-order valence-electron chi connectivity index (χ4n) is 0.765. The zero-order valence-corrected chi connectivity index (χ0v) is 6.49. The number of aliphatic imine (C=N–C) groups is 2. The topological polar surface area (TPSA) is 24.7 Å². The van der Waals surface area contributed by atoms with Crippen LogP contribution >= 0.6 is 0 Å². The predicted molar refractivity (Wildman–Crippen MR) is 49.0 cm³/mol. The van der Waals surface area contributed by atoms with Crippen molar-refractivity contribution >= 4 is 12.4 Å². The van der Waals surface area contributed by atoms with E-state index in [0.29, 0.717) is 0 Å². The minimum absolute atomic E-state index is 0.751. The third kappa shape index (κ3) is 2.34. The van der Waals surface area contributed by atoms with Crippen LogP contribution in [0.2, 0.25) is 0 Å². The Labute approximate surface area is 66.4 Å². The van der Waals surface area contributed by atoms with Crippen molar-refractivity contribution in [2.45, 2.75) is 6.92 Å². The number of nitrogens with zero attached hydrogens (tertiary/aromatic N) is 2. The fraction of sp³-hybridized carbons (Fsp3) is 0.111. The first kappa shape index (κ1) is 7.66. The Hall–Kier alpha value is -1.44. The quantitative estimate of drug-likeness (QED) is 0.533. The van der Waals surface area contributed by atoms with Crippen LogP contribution in [0.25, 0.3) is 0 Å². The van der Waals surface area contributed by atoms with Crippen LogP contribution in [0.4, 0.5) is 0 Å². The highest BCUT2D eigenvalue weighted by molar-refractivity contribution is 6.18. The van der Waals surface area contributed by atoms with Crippen LogP contribution < -0.4 is 0 Å². The van der Waals surface area contributed by atoms with Crippen molar-refractivity contribution in [3.63, 3.8) is 0 Å². The summed E-state index contributed by atoms with van der Waals surface area (Å²) in [5.41, 5.74) is 1.10. The molecule has 0 bridgehead atoms. The Balaban J connectivity index is 2.72. The molecule has 0 saturated carbocycles. The maximum absolute atomic E-state index is 4.00. The van der Waals surface area contributed by atoms with E-state index in [1.807, 2.05) is 19.1 Å². The van der Waals surface area contributed by atoms with E-state index in [1.165, 1.54) is 0 Å². The molecule has 1 rings (SSSR count). The Kier molecular flexibility index (Phi) is 2.55. The molecule has 0 aromatic rings. The third-order valence-electron chi connectivity index (χ3n) is 1.22. The van der Waals surface area contributed by atoms with Gasteiger partial charge in [-0.3, -0.25) is 0 Å². The van der Waals surface area contributed by atoms with Crippen LogP contribution in [0.3, 0.4) is 0 Å². The molecule has 0 aliphatic carbocycles. The standard InChI is InChI=1S/C9H10N2/c1-3-4-8(2)7-9-10-5-6-11-9/h3-7H,1H2,2H3/b8-4-. The van der Waals surface area contributed by atoms with E-state index in [0.717, 1.165) is 11.4 Å². The summed E-state index contributed by atoms with van der Waals surface area (Å²) in [6, 6.07) is 0. The Bertz CT molecular complexity index is 253. The summed E-state index contributed by atoms with van der Waals surface area (Å²) < 4.78 is 0. The Morgan fingerprint density at radius 1 is 1.45 bits per heavy atom. The van der Waals surface area contributed by atoms with E-state index in [1.54, 1.807) is 18.5 Å². The first-order valence-electron chi connectivity index (χ1n) is 3.40. The first-order valence-corrected chi connectivity index (χ1v) is 3.40. The van der Waals surface area contributed by atoms with Gasteiger partial charge in [0.25, 0.3) is 0 Å². The summed E-state index contributed by atoms with van der Waals surface area (Å²) in [5.74, 6) is 0.751. The molecular formula is C9H10N2.